The van der Waals surface area contributed by atoms with Crippen molar-refractivity contribution in [1.82, 2.24) is 10.2 Å². The zero-order chi connectivity index (χ0) is 12.1. The van der Waals surface area contributed by atoms with Crippen LogP contribution in [0.2, 0.25) is 0 Å². The van der Waals surface area contributed by atoms with E-state index in [1.807, 2.05) is 0 Å². The fraction of sp³-hybridized carbons (Fsp3) is 1.00. The second-order valence-electron chi connectivity index (χ2n) is 6.04. The number of nitrogens with one attached hydrogen (secondary N) is 1. The monoisotopic (exact) mass is 238 g/mol. The van der Waals surface area contributed by atoms with Crippen LogP contribution in [0.3, 0.4) is 0 Å². The average Bonchev–Trinajstić information content (AvgIpc) is 2.64. The highest BCUT2D eigenvalue weighted by Crippen LogP contribution is 2.27. The zero-order valence-corrected chi connectivity index (χ0v) is 11.8. The van der Waals surface area contributed by atoms with Gasteiger partial charge in [-0.1, -0.05) is 13.3 Å². The molecule has 2 heteroatoms. The molecule has 0 aromatic carbocycles. The Hall–Kier alpha value is -0.0800. The topological polar surface area (TPSA) is 15.3 Å². The van der Waals surface area contributed by atoms with Crippen molar-refractivity contribution in [3.05, 3.63) is 0 Å². The van der Waals surface area contributed by atoms with E-state index in [1.165, 1.54) is 64.5 Å². The van der Waals surface area contributed by atoms with Crippen LogP contribution in [0.4, 0.5) is 0 Å². The van der Waals surface area contributed by atoms with Crippen LogP contribution in [0.1, 0.15) is 58.3 Å². The van der Waals surface area contributed by atoms with Crippen LogP contribution in [-0.4, -0.2) is 37.1 Å². The smallest absolute Gasteiger partial charge is 0.00964 e. The standard InChI is InChI=1S/C15H30N2/c1-3-13-5-4-11-17(12-10-13)15-8-6-14(16-2)7-9-15/h13-16H,3-12H2,1-2H3. The number of hydrogen-bond acceptors (Lipinski definition) is 2. The van der Waals surface area contributed by atoms with Gasteiger partial charge >= 0.3 is 0 Å². The maximum atomic E-state index is 3.44. The van der Waals surface area contributed by atoms with Gasteiger partial charge in [0.25, 0.3) is 0 Å². The lowest BCUT2D eigenvalue weighted by molar-refractivity contribution is 0.148. The summed E-state index contributed by atoms with van der Waals surface area (Å²) < 4.78 is 0. The van der Waals surface area contributed by atoms with Gasteiger partial charge in [-0.2, -0.15) is 0 Å². The average molecular weight is 238 g/mol. The molecular weight excluding hydrogens is 208 g/mol. The summed E-state index contributed by atoms with van der Waals surface area (Å²) in [7, 11) is 2.11. The molecule has 0 aromatic heterocycles. The number of likely N-dealkylation sites (tertiary alicyclic amines) is 1. The highest BCUT2D eigenvalue weighted by Gasteiger charge is 2.26. The fourth-order valence-electron chi connectivity index (χ4n) is 3.69. The van der Waals surface area contributed by atoms with Crippen molar-refractivity contribution in [2.24, 2.45) is 5.92 Å². The molecule has 0 bridgehead atoms. The van der Waals surface area contributed by atoms with E-state index in [1.54, 1.807) is 0 Å². The van der Waals surface area contributed by atoms with E-state index in [4.69, 9.17) is 0 Å². The third-order valence-corrected chi connectivity index (χ3v) is 5.08. The highest BCUT2D eigenvalue weighted by molar-refractivity contribution is 4.83. The molecular formula is C15H30N2. The Labute approximate surface area is 107 Å². The summed E-state index contributed by atoms with van der Waals surface area (Å²) in [5.41, 5.74) is 0. The summed E-state index contributed by atoms with van der Waals surface area (Å²) in [5, 5.41) is 3.44. The second kappa shape index (κ2) is 6.75. The maximum Gasteiger partial charge on any atom is 0.00964 e. The molecule has 0 radical (unpaired) electrons. The lowest BCUT2D eigenvalue weighted by Crippen LogP contribution is -2.42. The van der Waals surface area contributed by atoms with E-state index in [0.717, 1.165) is 18.0 Å². The van der Waals surface area contributed by atoms with Crippen LogP contribution in [-0.2, 0) is 0 Å². The van der Waals surface area contributed by atoms with Crippen LogP contribution in [0.5, 0.6) is 0 Å². The Morgan fingerprint density at radius 1 is 1.00 bits per heavy atom. The van der Waals surface area contributed by atoms with Crippen LogP contribution in [0, 0.1) is 5.92 Å². The first-order chi connectivity index (χ1) is 8.33. The third-order valence-electron chi connectivity index (χ3n) is 5.08. The van der Waals surface area contributed by atoms with E-state index >= 15 is 0 Å². The molecule has 2 rings (SSSR count). The molecule has 2 nitrogen and oxygen atoms in total. The van der Waals surface area contributed by atoms with E-state index in [0.29, 0.717) is 0 Å². The van der Waals surface area contributed by atoms with Gasteiger partial charge in [0.2, 0.25) is 0 Å². The molecule has 1 saturated carbocycles. The van der Waals surface area contributed by atoms with Gasteiger partial charge in [-0.25, -0.2) is 0 Å². The maximum absolute atomic E-state index is 3.44. The second-order valence-corrected chi connectivity index (χ2v) is 6.04. The Morgan fingerprint density at radius 2 is 1.76 bits per heavy atom. The largest absolute Gasteiger partial charge is 0.317 e. The predicted octanol–water partition coefficient (Wildman–Crippen LogP) is 3.03. The Morgan fingerprint density at radius 3 is 2.41 bits per heavy atom. The van der Waals surface area contributed by atoms with E-state index in [2.05, 4.69) is 24.2 Å². The first-order valence-corrected chi connectivity index (χ1v) is 7.74. The molecule has 2 aliphatic rings. The molecule has 17 heavy (non-hydrogen) atoms. The Bertz CT molecular complexity index is 209. The van der Waals surface area contributed by atoms with E-state index in [9.17, 15) is 0 Å². The predicted molar refractivity (Wildman–Crippen MR) is 74.3 cm³/mol. The lowest BCUT2D eigenvalue weighted by Gasteiger charge is -2.36. The molecule has 1 heterocycles. The van der Waals surface area contributed by atoms with Crippen molar-refractivity contribution < 1.29 is 0 Å². The van der Waals surface area contributed by atoms with Gasteiger partial charge in [0.15, 0.2) is 0 Å². The fourth-order valence-corrected chi connectivity index (χ4v) is 3.69. The summed E-state index contributed by atoms with van der Waals surface area (Å²) in [6.45, 7) is 5.09. The summed E-state index contributed by atoms with van der Waals surface area (Å²) in [6.07, 6.45) is 11.3. The van der Waals surface area contributed by atoms with Crippen LogP contribution in [0.15, 0.2) is 0 Å². The van der Waals surface area contributed by atoms with Gasteiger partial charge in [0, 0.05) is 12.1 Å². The van der Waals surface area contributed by atoms with Crippen LogP contribution >= 0.6 is 0 Å². The van der Waals surface area contributed by atoms with Crippen molar-refractivity contribution in [2.75, 3.05) is 20.1 Å². The van der Waals surface area contributed by atoms with Gasteiger partial charge in [-0.05, 0) is 71.0 Å². The first-order valence-electron chi connectivity index (χ1n) is 7.74. The molecule has 0 spiro atoms. The van der Waals surface area contributed by atoms with Crippen molar-refractivity contribution in [3.63, 3.8) is 0 Å². The number of nitrogens with zero attached hydrogens (tertiary/aromatic N) is 1. The summed E-state index contributed by atoms with van der Waals surface area (Å²) in [4.78, 5) is 2.81. The molecule has 1 aliphatic heterocycles. The molecule has 0 amide bonds. The molecule has 1 N–H and O–H groups in total. The Kier molecular flexibility index (Phi) is 5.30. The quantitative estimate of drug-likeness (QED) is 0.813. The minimum absolute atomic E-state index is 0.793. The van der Waals surface area contributed by atoms with Crippen molar-refractivity contribution >= 4 is 0 Å². The number of rotatable bonds is 3. The van der Waals surface area contributed by atoms with Gasteiger partial charge in [-0.15, -0.1) is 0 Å². The van der Waals surface area contributed by atoms with Gasteiger partial charge in [0.1, 0.15) is 0 Å². The van der Waals surface area contributed by atoms with Crippen molar-refractivity contribution in [3.8, 4) is 0 Å². The van der Waals surface area contributed by atoms with E-state index in [-0.39, 0.29) is 0 Å². The van der Waals surface area contributed by atoms with Crippen LogP contribution in [0.25, 0.3) is 0 Å². The molecule has 1 saturated heterocycles. The van der Waals surface area contributed by atoms with Crippen LogP contribution < -0.4 is 5.32 Å². The molecule has 100 valence electrons. The molecule has 1 unspecified atom stereocenters. The van der Waals surface area contributed by atoms with E-state index < -0.39 is 0 Å². The molecule has 2 fully saturated rings. The highest BCUT2D eigenvalue weighted by atomic mass is 15.2. The SMILES string of the molecule is CCC1CCCN(C2CCC(NC)CC2)CC1. The minimum atomic E-state index is 0.793. The van der Waals surface area contributed by atoms with Gasteiger partial charge in [0.05, 0.1) is 0 Å². The summed E-state index contributed by atoms with van der Waals surface area (Å²) in [5.74, 6) is 1.01. The molecule has 1 atom stereocenters. The summed E-state index contributed by atoms with van der Waals surface area (Å²) in [6, 6.07) is 1.69. The first kappa shape index (κ1) is 13.4. The van der Waals surface area contributed by atoms with Crippen molar-refractivity contribution in [2.45, 2.75) is 70.4 Å². The normalized spacial score (nSPS) is 36.7. The Balaban J connectivity index is 1.78. The molecule has 0 aromatic rings. The number of hydrogen-bond donors (Lipinski definition) is 1. The minimum Gasteiger partial charge on any atom is -0.317 e. The zero-order valence-electron chi connectivity index (χ0n) is 11.8. The third kappa shape index (κ3) is 3.69. The molecule has 1 aliphatic carbocycles. The summed E-state index contributed by atoms with van der Waals surface area (Å²) >= 11 is 0. The van der Waals surface area contributed by atoms with Crippen molar-refractivity contribution in [1.29, 1.82) is 0 Å². The van der Waals surface area contributed by atoms with Gasteiger partial charge < -0.3 is 10.2 Å². The van der Waals surface area contributed by atoms with Gasteiger partial charge in [-0.3, -0.25) is 0 Å². The lowest BCUT2D eigenvalue weighted by atomic mass is 9.90.